The highest BCUT2D eigenvalue weighted by Crippen LogP contribution is 2.29. The maximum atomic E-state index is 14.5. The lowest BCUT2D eigenvalue weighted by Crippen LogP contribution is -2.43. The van der Waals surface area contributed by atoms with Crippen LogP contribution in [0.1, 0.15) is 27.2 Å². The van der Waals surface area contributed by atoms with Gasteiger partial charge in [-0.1, -0.05) is 13.8 Å². The minimum absolute atomic E-state index is 0.0402. The molecular weight excluding hydrogens is 370 g/mol. The van der Waals surface area contributed by atoms with Gasteiger partial charge in [-0.2, -0.15) is 0 Å². The molecule has 0 fully saturated rings. The van der Waals surface area contributed by atoms with Crippen LogP contribution >= 0.6 is 0 Å². The van der Waals surface area contributed by atoms with Gasteiger partial charge in [-0.15, -0.1) is 0 Å². The third kappa shape index (κ3) is 5.85. The number of ether oxygens (including phenoxy) is 2. The first kappa shape index (κ1) is 21.5. The third-order valence-electron chi connectivity index (χ3n) is 3.77. The standard InChI is InChI=1S/C19H24F2N4O3/c1-11(2)8-19(3,22)9-27-16-6-13(20)12(5-14(16)21)15-7-17(25-10-24-15)28-18(26)23-4/h5-7,10-11H,8-9,22H2,1-4H3,(H,23,26)/t19-/m0/s1. The van der Waals surface area contributed by atoms with Crippen LogP contribution in [0.3, 0.4) is 0 Å². The Morgan fingerprint density at radius 3 is 2.61 bits per heavy atom. The van der Waals surface area contributed by atoms with E-state index in [0.29, 0.717) is 12.3 Å². The van der Waals surface area contributed by atoms with Crippen molar-refractivity contribution in [1.82, 2.24) is 15.3 Å². The van der Waals surface area contributed by atoms with Crippen LogP contribution in [0.2, 0.25) is 0 Å². The molecule has 0 aliphatic carbocycles. The summed E-state index contributed by atoms with van der Waals surface area (Å²) in [4.78, 5) is 18.9. The number of halogens is 2. The first-order chi connectivity index (χ1) is 13.1. The van der Waals surface area contributed by atoms with Crippen molar-refractivity contribution >= 4 is 6.09 Å². The summed E-state index contributed by atoms with van der Waals surface area (Å²) in [6.45, 7) is 5.87. The van der Waals surface area contributed by atoms with E-state index >= 15 is 0 Å². The van der Waals surface area contributed by atoms with Crippen LogP contribution in [0.5, 0.6) is 11.6 Å². The second-order valence-corrected chi connectivity index (χ2v) is 7.18. The quantitative estimate of drug-likeness (QED) is 0.748. The van der Waals surface area contributed by atoms with Gasteiger partial charge in [0.1, 0.15) is 18.8 Å². The van der Waals surface area contributed by atoms with Crippen LogP contribution in [-0.4, -0.2) is 35.3 Å². The van der Waals surface area contributed by atoms with Crippen LogP contribution in [-0.2, 0) is 0 Å². The molecule has 9 heteroatoms. The third-order valence-corrected chi connectivity index (χ3v) is 3.77. The number of hydrogen-bond acceptors (Lipinski definition) is 6. The molecule has 0 saturated heterocycles. The molecule has 0 aliphatic rings. The van der Waals surface area contributed by atoms with Crippen LogP contribution in [0.25, 0.3) is 11.3 Å². The lowest BCUT2D eigenvalue weighted by atomic mass is 9.93. The highest BCUT2D eigenvalue weighted by Gasteiger charge is 2.23. The van der Waals surface area contributed by atoms with Crippen LogP contribution in [0.15, 0.2) is 24.5 Å². The smallest absolute Gasteiger partial charge is 0.413 e. The van der Waals surface area contributed by atoms with Crippen molar-refractivity contribution in [3.05, 3.63) is 36.2 Å². The van der Waals surface area contributed by atoms with Gasteiger partial charge in [-0.25, -0.2) is 23.5 Å². The normalized spacial score (nSPS) is 13.1. The number of amides is 1. The molecule has 28 heavy (non-hydrogen) atoms. The van der Waals surface area contributed by atoms with Crippen molar-refractivity contribution in [2.45, 2.75) is 32.7 Å². The Morgan fingerprint density at radius 2 is 1.96 bits per heavy atom. The average Bonchev–Trinajstić information content (AvgIpc) is 2.61. The zero-order valence-electron chi connectivity index (χ0n) is 16.3. The lowest BCUT2D eigenvalue weighted by Gasteiger charge is -2.26. The molecule has 152 valence electrons. The van der Waals surface area contributed by atoms with Crippen molar-refractivity contribution in [2.24, 2.45) is 11.7 Å². The van der Waals surface area contributed by atoms with Gasteiger partial charge >= 0.3 is 6.09 Å². The Labute approximate surface area is 162 Å². The Balaban J connectivity index is 2.22. The number of aromatic nitrogens is 2. The summed E-state index contributed by atoms with van der Waals surface area (Å²) in [5.74, 6) is -1.51. The fourth-order valence-corrected chi connectivity index (χ4v) is 2.76. The van der Waals surface area contributed by atoms with Gasteiger partial charge in [0.15, 0.2) is 11.6 Å². The van der Waals surface area contributed by atoms with E-state index < -0.39 is 23.3 Å². The Kier molecular flexibility index (Phi) is 6.85. The van der Waals surface area contributed by atoms with Gasteiger partial charge in [-0.3, -0.25) is 0 Å². The summed E-state index contributed by atoms with van der Waals surface area (Å²) in [5.41, 5.74) is 5.40. The van der Waals surface area contributed by atoms with Gasteiger partial charge in [0.2, 0.25) is 5.88 Å². The second-order valence-electron chi connectivity index (χ2n) is 7.18. The number of carbonyl (C=O) groups excluding carboxylic acids is 1. The average molecular weight is 394 g/mol. The number of hydrogen-bond donors (Lipinski definition) is 2. The van der Waals surface area contributed by atoms with Crippen molar-refractivity contribution in [3.8, 4) is 22.9 Å². The molecule has 2 aromatic rings. The first-order valence-electron chi connectivity index (χ1n) is 8.74. The molecule has 2 rings (SSSR count). The number of nitrogens with zero attached hydrogens (tertiary/aromatic N) is 2. The predicted molar refractivity (Wildman–Crippen MR) is 100 cm³/mol. The van der Waals surface area contributed by atoms with E-state index in [4.69, 9.17) is 15.2 Å². The topological polar surface area (TPSA) is 99.4 Å². The summed E-state index contributed by atoms with van der Waals surface area (Å²) >= 11 is 0. The van der Waals surface area contributed by atoms with Gasteiger partial charge in [0.05, 0.1) is 5.69 Å². The zero-order valence-corrected chi connectivity index (χ0v) is 16.3. The van der Waals surface area contributed by atoms with E-state index in [-0.39, 0.29) is 29.5 Å². The minimum atomic E-state index is -0.760. The predicted octanol–water partition coefficient (Wildman–Crippen LogP) is 3.28. The minimum Gasteiger partial charge on any atom is -0.489 e. The Morgan fingerprint density at radius 1 is 1.25 bits per heavy atom. The second kappa shape index (κ2) is 8.92. The van der Waals surface area contributed by atoms with Crippen LogP contribution < -0.4 is 20.5 Å². The number of nitrogens with one attached hydrogen (secondary N) is 1. The number of rotatable bonds is 7. The highest BCUT2D eigenvalue weighted by atomic mass is 19.1. The van der Waals surface area contributed by atoms with E-state index in [1.165, 1.54) is 13.1 Å². The number of benzene rings is 1. The SMILES string of the molecule is CNC(=O)Oc1cc(-c2cc(F)c(OC[C@@](C)(N)CC(C)C)cc2F)ncn1. The molecule has 1 aromatic heterocycles. The van der Waals surface area contributed by atoms with Crippen LogP contribution in [0.4, 0.5) is 13.6 Å². The molecule has 0 bridgehead atoms. The van der Waals surface area contributed by atoms with E-state index in [1.54, 1.807) is 6.92 Å². The molecule has 1 amide bonds. The van der Waals surface area contributed by atoms with E-state index in [0.717, 1.165) is 18.5 Å². The fraction of sp³-hybridized carbons (Fsp3) is 0.421. The first-order valence-corrected chi connectivity index (χ1v) is 8.74. The number of nitrogens with two attached hydrogens (primary N) is 1. The van der Waals surface area contributed by atoms with Crippen molar-refractivity contribution < 1.29 is 23.0 Å². The van der Waals surface area contributed by atoms with Crippen molar-refractivity contribution in [1.29, 1.82) is 0 Å². The lowest BCUT2D eigenvalue weighted by molar-refractivity contribution is 0.199. The molecule has 0 saturated carbocycles. The Bertz CT molecular complexity index is 844. The fourth-order valence-electron chi connectivity index (χ4n) is 2.76. The van der Waals surface area contributed by atoms with Gasteiger partial charge in [-0.05, 0) is 25.3 Å². The summed E-state index contributed by atoms with van der Waals surface area (Å²) in [6.07, 6.45) is 1.01. The molecule has 0 aliphatic heterocycles. The molecule has 0 spiro atoms. The molecule has 3 N–H and O–H groups in total. The molecule has 1 atom stereocenters. The molecule has 1 heterocycles. The molecule has 0 unspecified atom stereocenters. The van der Waals surface area contributed by atoms with Gasteiger partial charge in [0, 0.05) is 30.3 Å². The van der Waals surface area contributed by atoms with E-state index in [2.05, 4.69) is 15.3 Å². The van der Waals surface area contributed by atoms with Crippen LogP contribution in [0, 0.1) is 17.6 Å². The molecular formula is C19H24F2N4O3. The zero-order chi connectivity index (χ0) is 20.9. The maximum Gasteiger partial charge on any atom is 0.413 e. The maximum absolute atomic E-state index is 14.5. The van der Waals surface area contributed by atoms with Crippen molar-refractivity contribution in [2.75, 3.05) is 13.7 Å². The summed E-state index contributed by atoms with van der Waals surface area (Å²) < 4.78 is 39.3. The van der Waals surface area contributed by atoms with Crippen molar-refractivity contribution in [3.63, 3.8) is 0 Å². The highest BCUT2D eigenvalue weighted by molar-refractivity contribution is 5.70. The molecule has 7 nitrogen and oxygen atoms in total. The molecule has 1 aromatic carbocycles. The van der Waals surface area contributed by atoms with E-state index in [9.17, 15) is 13.6 Å². The summed E-state index contributed by atoms with van der Waals surface area (Å²) in [5, 5.41) is 2.26. The largest absolute Gasteiger partial charge is 0.489 e. The summed E-state index contributed by atoms with van der Waals surface area (Å²) in [7, 11) is 1.38. The Hall–Kier alpha value is -2.81. The molecule has 0 radical (unpaired) electrons. The van der Waals surface area contributed by atoms with Gasteiger partial charge < -0.3 is 20.5 Å². The summed E-state index contributed by atoms with van der Waals surface area (Å²) in [6, 6.07) is 3.14. The number of carbonyl (C=O) groups is 1. The van der Waals surface area contributed by atoms with Gasteiger partial charge in [0.25, 0.3) is 0 Å². The van der Waals surface area contributed by atoms with E-state index in [1.807, 2.05) is 13.8 Å². The monoisotopic (exact) mass is 394 g/mol.